The molecule has 2 aromatic rings. The number of hydrogen-bond donors (Lipinski definition) is 0. The molecular formula is C21H26N2O3. The van der Waals surface area contributed by atoms with Gasteiger partial charge in [0, 0.05) is 37.9 Å². The van der Waals surface area contributed by atoms with E-state index in [4.69, 9.17) is 9.47 Å². The van der Waals surface area contributed by atoms with Gasteiger partial charge in [-0.3, -0.25) is 4.79 Å². The highest BCUT2D eigenvalue weighted by atomic mass is 16.5. The van der Waals surface area contributed by atoms with Gasteiger partial charge in [-0.2, -0.15) is 0 Å². The van der Waals surface area contributed by atoms with Gasteiger partial charge in [-0.25, -0.2) is 0 Å². The first kappa shape index (κ1) is 18.1. The Labute approximate surface area is 155 Å². The Morgan fingerprint density at radius 2 is 1.69 bits per heavy atom. The van der Waals surface area contributed by atoms with Crippen LogP contribution in [-0.2, 0) is 4.79 Å². The van der Waals surface area contributed by atoms with Crippen LogP contribution in [0.1, 0.15) is 12.5 Å². The molecule has 0 N–H and O–H groups in total. The number of rotatable bonds is 5. The van der Waals surface area contributed by atoms with E-state index in [9.17, 15) is 4.79 Å². The predicted octanol–water partition coefficient (Wildman–Crippen LogP) is 3.12. The summed E-state index contributed by atoms with van der Waals surface area (Å²) < 4.78 is 11.1. The van der Waals surface area contributed by atoms with E-state index in [0.29, 0.717) is 13.1 Å². The van der Waals surface area contributed by atoms with Gasteiger partial charge in [-0.05, 0) is 43.7 Å². The van der Waals surface area contributed by atoms with Gasteiger partial charge >= 0.3 is 0 Å². The van der Waals surface area contributed by atoms with Crippen LogP contribution in [0.4, 0.5) is 5.69 Å². The minimum absolute atomic E-state index is 0.0387. The lowest BCUT2D eigenvalue weighted by Crippen LogP contribution is -2.52. The molecule has 1 fully saturated rings. The molecule has 0 aromatic heterocycles. The van der Waals surface area contributed by atoms with Gasteiger partial charge in [0.05, 0.1) is 7.11 Å². The number of benzene rings is 2. The first-order valence-corrected chi connectivity index (χ1v) is 8.98. The lowest BCUT2D eigenvalue weighted by atomic mass is 10.2. The Hall–Kier alpha value is -2.69. The zero-order chi connectivity index (χ0) is 18.5. The van der Waals surface area contributed by atoms with Crippen molar-refractivity contribution in [3.05, 3.63) is 54.1 Å². The molecule has 1 aliphatic rings. The predicted molar refractivity (Wildman–Crippen MR) is 103 cm³/mol. The number of nitrogens with zero attached hydrogens (tertiary/aromatic N) is 2. The molecule has 1 aliphatic heterocycles. The van der Waals surface area contributed by atoms with Gasteiger partial charge in [-0.15, -0.1) is 0 Å². The first-order chi connectivity index (χ1) is 12.6. The third-order valence-electron chi connectivity index (χ3n) is 4.66. The molecule has 138 valence electrons. The maximum absolute atomic E-state index is 12.7. The van der Waals surface area contributed by atoms with Crippen molar-refractivity contribution in [2.24, 2.45) is 0 Å². The smallest absolute Gasteiger partial charge is 0.263 e. The highest BCUT2D eigenvalue weighted by Gasteiger charge is 2.26. The van der Waals surface area contributed by atoms with Crippen LogP contribution in [0.2, 0.25) is 0 Å². The number of carbonyl (C=O) groups is 1. The molecule has 1 amide bonds. The molecule has 0 saturated carbocycles. The van der Waals surface area contributed by atoms with Crippen LogP contribution >= 0.6 is 0 Å². The van der Waals surface area contributed by atoms with Gasteiger partial charge in [0.25, 0.3) is 5.91 Å². The van der Waals surface area contributed by atoms with E-state index in [0.717, 1.165) is 35.8 Å². The molecule has 26 heavy (non-hydrogen) atoms. The second-order valence-electron chi connectivity index (χ2n) is 6.59. The number of piperazine rings is 1. The van der Waals surface area contributed by atoms with Gasteiger partial charge < -0.3 is 19.3 Å². The third kappa shape index (κ3) is 4.28. The SMILES string of the molecule is COc1cccc(N2CCN(C(=O)[C@@H](C)Oc3cccc(C)c3)CC2)c1. The van der Waals surface area contributed by atoms with Crippen LogP contribution in [0.25, 0.3) is 0 Å². The molecule has 0 aliphatic carbocycles. The quantitative estimate of drug-likeness (QED) is 0.827. The second-order valence-corrected chi connectivity index (χ2v) is 6.59. The summed E-state index contributed by atoms with van der Waals surface area (Å²) in [5, 5.41) is 0. The fraction of sp³-hybridized carbons (Fsp3) is 0.381. The summed E-state index contributed by atoms with van der Waals surface area (Å²) >= 11 is 0. The first-order valence-electron chi connectivity index (χ1n) is 8.98. The fourth-order valence-electron chi connectivity index (χ4n) is 3.19. The summed E-state index contributed by atoms with van der Waals surface area (Å²) in [4.78, 5) is 16.9. The summed E-state index contributed by atoms with van der Waals surface area (Å²) in [5.41, 5.74) is 2.24. The van der Waals surface area contributed by atoms with Crippen molar-refractivity contribution in [2.45, 2.75) is 20.0 Å². The Kier molecular flexibility index (Phi) is 5.66. The molecule has 1 heterocycles. The Bertz CT molecular complexity index is 754. The Morgan fingerprint density at radius 1 is 1.00 bits per heavy atom. The van der Waals surface area contributed by atoms with E-state index in [-0.39, 0.29) is 5.91 Å². The standard InChI is InChI=1S/C21H26N2O3/c1-16-6-4-9-20(14-16)26-17(2)21(24)23-12-10-22(11-13-23)18-7-5-8-19(15-18)25-3/h4-9,14-15,17H,10-13H2,1-3H3/t17-/m1/s1. The number of anilines is 1. The topological polar surface area (TPSA) is 42.0 Å². The maximum atomic E-state index is 12.7. The Balaban J connectivity index is 1.56. The second kappa shape index (κ2) is 8.13. The zero-order valence-electron chi connectivity index (χ0n) is 15.6. The minimum atomic E-state index is -0.486. The number of hydrogen-bond acceptors (Lipinski definition) is 4. The van der Waals surface area contributed by atoms with Crippen LogP contribution in [0.15, 0.2) is 48.5 Å². The molecule has 2 aromatic carbocycles. The van der Waals surface area contributed by atoms with E-state index >= 15 is 0 Å². The summed E-state index contributed by atoms with van der Waals surface area (Å²) in [7, 11) is 1.67. The number of methoxy groups -OCH3 is 1. The van der Waals surface area contributed by atoms with Crippen molar-refractivity contribution in [3.8, 4) is 11.5 Å². The van der Waals surface area contributed by atoms with Gasteiger partial charge in [0.2, 0.25) is 0 Å². The summed E-state index contributed by atoms with van der Waals surface area (Å²) in [6.45, 7) is 6.82. The average Bonchev–Trinajstić information content (AvgIpc) is 2.67. The van der Waals surface area contributed by atoms with Crippen LogP contribution in [-0.4, -0.2) is 50.2 Å². The van der Waals surface area contributed by atoms with Crippen molar-refractivity contribution in [1.82, 2.24) is 4.90 Å². The molecule has 0 spiro atoms. The third-order valence-corrected chi connectivity index (χ3v) is 4.66. The van der Waals surface area contributed by atoms with Crippen LogP contribution in [0.3, 0.4) is 0 Å². The molecule has 5 heteroatoms. The number of aryl methyl sites for hydroxylation is 1. The summed E-state index contributed by atoms with van der Waals surface area (Å²) in [5.74, 6) is 1.62. The molecular weight excluding hydrogens is 328 g/mol. The van der Waals surface area contributed by atoms with Crippen LogP contribution in [0.5, 0.6) is 11.5 Å². The number of amides is 1. The molecule has 0 radical (unpaired) electrons. The molecule has 1 saturated heterocycles. The lowest BCUT2D eigenvalue weighted by molar-refractivity contribution is -0.138. The van der Waals surface area contributed by atoms with Crippen molar-refractivity contribution in [2.75, 3.05) is 38.2 Å². The van der Waals surface area contributed by atoms with Gasteiger partial charge in [0.1, 0.15) is 11.5 Å². The molecule has 3 rings (SSSR count). The van der Waals surface area contributed by atoms with E-state index < -0.39 is 6.10 Å². The van der Waals surface area contributed by atoms with Crippen molar-refractivity contribution in [1.29, 1.82) is 0 Å². The zero-order valence-corrected chi connectivity index (χ0v) is 15.6. The maximum Gasteiger partial charge on any atom is 0.263 e. The van der Waals surface area contributed by atoms with E-state index in [1.165, 1.54) is 0 Å². The Morgan fingerprint density at radius 3 is 2.38 bits per heavy atom. The van der Waals surface area contributed by atoms with Crippen LogP contribution in [0, 0.1) is 6.92 Å². The number of ether oxygens (including phenoxy) is 2. The molecule has 1 atom stereocenters. The minimum Gasteiger partial charge on any atom is -0.497 e. The van der Waals surface area contributed by atoms with Crippen molar-refractivity contribution >= 4 is 11.6 Å². The highest BCUT2D eigenvalue weighted by molar-refractivity contribution is 5.81. The summed E-state index contributed by atoms with van der Waals surface area (Å²) in [6.07, 6.45) is -0.486. The normalized spacial score (nSPS) is 15.5. The van der Waals surface area contributed by atoms with Crippen molar-refractivity contribution in [3.63, 3.8) is 0 Å². The largest absolute Gasteiger partial charge is 0.497 e. The molecule has 0 unspecified atom stereocenters. The van der Waals surface area contributed by atoms with E-state index in [2.05, 4.69) is 11.0 Å². The highest BCUT2D eigenvalue weighted by Crippen LogP contribution is 2.22. The fourth-order valence-corrected chi connectivity index (χ4v) is 3.19. The lowest BCUT2D eigenvalue weighted by Gasteiger charge is -2.37. The number of carbonyl (C=O) groups excluding carboxylic acids is 1. The molecule has 5 nitrogen and oxygen atoms in total. The average molecular weight is 354 g/mol. The van der Waals surface area contributed by atoms with Gasteiger partial charge in [-0.1, -0.05) is 18.2 Å². The van der Waals surface area contributed by atoms with E-state index in [1.54, 1.807) is 7.11 Å². The van der Waals surface area contributed by atoms with Gasteiger partial charge in [0.15, 0.2) is 6.10 Å². The summed E-state index contributed by atoms with van der Waals surface area (Å²) in [6, 6.07) is 15.8. The monoisotopic (exact) mass is 354 g/mol. The van der Waals surface area contributed by atoms with E-state index in [1.807, 2.05) is 61.2 Å². The molecule has 0 bridgehead atoms. The van der Waals surface area contributed by atoms with Crippen molar-refractivity contribution < 1.29 is 14.3 Å². The van der Waals surface area contributed by atoms with Crippen LogP contribution < -0.4 is 14.4 Å².